The number of carbonyl (C=O) groups excluding carboxylic acids is 1. The third-order valence-corrected chi connectivity index (χ3v) is 6.19. The highest BCUT2D eigenvalue weighted by molar-refractivity contribution is 7.92. The number of aromatic amines is 1. The SMILES string of the molecule is Cc1nc(NC(=O)CN)sc1-c1c[nH]c(=O)c(NS(=O)(=O)c2ccccc2)c1. The summed E-state index contributed by atoms with van der Waals surface area (Å²) in [7, 11) is -3.91. The lowest BCUT2D eigenvalue weighted by Crippen LogP contribution is -2.21. The molecule has 2 heterocycles. The van der Waals surface area contributed by atoms with Crippen molar-refractivity contribution < 1.29 is 13.2 Å². The number of hydrogen-bond donors (Lipinski definition) is 4. The third kappa shape index (κ3) is 4.27. The van der Waals surface area contributed by atoms with Crippen LogP contribution in [0.5, 0.6) is 0 Å². The summed E-state index contributed by atoms with van der Waals surface area (Å²) in [5.41, 5.74) is 5.74. The maximum absolute atomic E-state index is 12.5. The van der Waals surface area contributed by atoms with Gasteiger partial charge >= 0.3 is 0 Å². The standard InChI is InChI=1S/C17H17N5O4S2/c1-10-15(27-17(20-10)21-14(23)8-18)11-7-13(16(24)19-9-11)22-28(25,26)12-5-3-2-4-6-12/h2-7,9,22H,8,18H2,1H3,(H,19,24)(H,20,21,23). The second kappa shape index (κ2) is 7.92. The molecule has 5 N–H and O–H groups in total. The maximum Gasteiger partial charge on any atom is 0.272 e. The van der Waals surface area contributed by atoms with Crippen molar-refractivity contribution in [2.45, 2.75) is 11.8 Å². The average molecular weight is 419 g/mol. The highest BCUT2D eigenvalue weighted by Gasteiger charge is 2.18. The van der Waals surface area contributed by atoms with Crippen molar-refractivity contribution in [1.82, 2.24) is 9.97 Å². The van der Waals surface area contributed by atoms with Gasteiger partial charge in [0.05, 0.1) is 22.0 Å². The number of H-pyrrole nitrogens is 1. The first kappa shape index (κ1) is 19.7. The summed E-state index contributed by atoms with van der Waals surface area (Å²) >= 11 is 1.19. The Morgan fingerprint density at radius 1 is 1.29 bits per heavy atom. The van der Waals surface area contributed by atoms with E-state index >= 15 is 0 Å². The molecule has 146 valence electrons. The van der Waals surface area contributed by atoms with Crippen LogP contribution in [0, 0.1) is 6.92 Å². The Bertz CT molecular complexity index is 1170. The molecule has 0 aliphatic carbocycles. The summed E-state index contributed by atoms with van der Waals surface area (Å²) in [5, 5.41) is 2.93. The van der Waals surface area contributed by atoms with Crippen molar-refractivity contribution >= 4 is 38.1 Å². The molecule has 0 bridgehead atoms. The van der Waals surface area contributed by atoms with E-state index in [0.717, 1.165) is 0 Å². The van der Waals surface area contributed by atoms with Gasteiger partial charge in [0.25, 0.3) is 15.6 Å². The van der Waals surface area contributed by atoms with Crippen LogP contribution < -0.4 is 21.3 Å². The van der Waals surface area contributed by atoms with Gasteiger partial charge in [-0.3, -0.25) is 14.3 Å². The molecule has 1 amide bonds. The fourth-order valence-corrected chi connectivity index (χ4v) is 4.43. The molecule has 11 heteroatoms. The number of carbonyl (C=O) groups is 1. The molecule has 9 nitrogen and oxygen atoms in total. The van der Waals surface area contributed by atoms with Crippen LogP contribution in [0.2, 0.25) is 0 Å². The third-order valence-electron chi connectivity index (χ3n) is 3.69. The van der Waals surface area contributed by atoms with Crippen molar-refractivity contribution in [2.75, 3.05) is 16.6 Å². The van der Waals surface area contributed by atoms with Crippen LogP contribution in [-0.4, -0.2) is 30.8 Å². The molecule has 0 atom stereocenters. The van der Waals surface area contributed by atoms with Crippen molar-refractivity contribution in [3.05, 3.63) is 58.6 Å². The quantitative estimate of drug-likeness (QED) is 0.476. The molecule has 0 saturated heterocycles. The fourth-order valence-electron chi connectivity index (χ4n) is 2.38. The Labute approximate surface area is 164 Å². The Morgan fingerprint density at radius 2 is 2.00 bits per heavy atom. The second-order valence-corrected chi connectivity index (χ2v) is 8.42. The molecule has 0 unspecified atom stereocenters. The number of anilines is 2. The molecule has 0 aliphatic rings. The number of hydrogen-bond acceptors (Lipinski definition) is 7. The predicted molar refractivity (Wildman–Crippen MR) is 108 cm³/mol. The van der Waals surface area contributed by atoms with Crippen LogP contribution >= 0.6 is 11.3 Å². The van der Waals surface area contributed by atoms with Gasteiger partial charge in [0.15, 0.2) is 5.13 Å². The van der Waals surface area contributed by atoms with Crippen molar-refractivity contribution in [3.8, 4) is 10.4 Å². The predicted octanol–water partition coefficient (Wildman–Crippen LogP) is 1.50. The van der Waals surface area contributed by atoms with E-state index in [0.29, 0.717) is 21.3 Å². The summed E-state index contributed by atoms with van der Waals surface area (Å²) in [6.45, 7) is 1.57. The molecule has 0 spiro atoms. The van der Waals surface area contributed by atoms with E-state index in [1.807, 2.05) is 0 Å². The van der Waals surface area contributed by atoms with Gasteiger partial charge in [-0.25, -0.2) is 13.4 Å². The molecule has 1 aromatic carbocycles. The van der Waals surface area contributed by atoms with E-state index in [4.69, 9.17) is 5.73 Å². The normalized spacial score (nSPS) is 11.2. The summed E-state index contributed by atoms with van der Waals surface area (Å²) in [4.78, 5) is 31.0. The topological polar surface area (TPSA) is 147 Å². The van der Waals surface area contributed by atoms with Crippen LogP contribution in [0.15, 0.2) is 52.3 Å². The first-order valence-corrected chi connectivity index (χ1v) is 10.4. The Morgan fingerprint density at radius 3 is 2.68 bits per heavy atom. The number of sulfonamides is 1. The van der Waals surface area contributed by atoms with E-state index in [1.54, 1.807) is 25.1 Å². The molecule has 28 heavy (non-hydrogen) atoms. The summed E-state index contributed by atoms with van der Waals surface area (Å²) < 4.78 is 27.3. The maximum atomic E-state index is 12.5. The number of amides is 1. The fraction of sp³-hybridized carbons (Fsp3) is 0.118. The number of aromatic nitrogens is 2. The van der Waals surface area contributed by atoms with Crippen LogP contribution in [0.1, 0.15) is 5.69 Å². The van der Waals surface area contributed by atoms with E-state index in [1.165, 1.54) is 35.7 Å². The minimum atomic E-state index is -3.91. The highest BCUT2D eigenvalue weighted by Crippen LogP contribution is 2.33. The number of nitrogens with two attached hydrogens (primary N) is 1. The minimum absolute atomic E-state index is 0.0422. The van der Waals surface area contributed by atoms with E-state index in [9.17, 15) is 18.0 Å². The van der Waals surface area contributed by atoms with Crippen LogP contribution in [0.3, 0.4) is 0 Å². The smallest absolute Gasteiger partial charge is 0.272 e. The molecule has 0 aliphatic heterocycles. The zero-order valence-corrected chi connectivity index (χ0v) is 16.4. The highest BCUT2D eigenvalue weighted by atomic mass is 32.2. The van der Waals surface area contributed by atoms with Gasteiger partial charge in [0, 0.05) is 11.8 Å². The molecule has 3 aromatic rings. The van der Waals surface area contributed by atoms with Crippen LogP contribution in [-0.2, 0) is 14.8 Å². The van der Waals surface area contributed by atoms with Gasteiger partial charge in [-0.1, -0.05) is 29.5 Å². The van der Waals surface area contributed by atoms with E-state index in [-0.39, 0.29) is 23.0 Å². The molecule has 3 rings (SSSR count). The molecule has 0 radical (unpaired) electrons. The van der Waals surface area contributed by atoms with Gasteiger partial charge in [-0.2, -0.15) is 0 Å². The van der Waals surface area contributed by atoms with Crippen LogP contribution in [0.4, 0.5) is 10.8 Å². The van der Waals surface area contributed by atoms with Gasteiger partial charge < -0.3 is 16.0 Å². The average Bonchev–Trinajstić information content (AvgIpc) is 3.04. The summed E-state index contributed by atoms with van der Waals surface area (Å²) in [6, 6.07) is 9.16. The lowest BCUT2D eigenvalue weighted by Gasteiger charge is -2.08. The van der Waals surface area contributed by atoms with Gasteiger partial charge in [0.1, 0.15) is 5.69 Å². The summed E-state index contributed by atoms with van der Waals surface area (Å²) in [5.74, 6) is -0.377. The number of nitrogens with one attached hydrogen (secondary N) is 3. The van der Waals surface area contributed by atoms with Crippen molar-refractivity contribution in [1.29, 1.82) is 0 Å². The second-order valence-electron chi connectivity index (χ2n) is 5.74. The number of pyridine rings is 1. The first-order chi connectivity index (χ1) is 13.3. The van der Waals surface area contributed by atoms with Crippen molar-refractivity contribution in [3.63, 3.8) is 0 Å². The first-order valence-electron chi connectivity index (χ1n) is 8.08. The van der Waals surface area contributed by atoms with E-state index < -0.39 is 15.6 Å². The monoisotopic (exact) mass is 419 g/mol. The molecular formula is C17H17N5O4S2. The van der Waals surface area contributed by atoms with Gasteiger partial charge in [0.2, 0.25) is 5.91 Å². The Kier molecular flexibility index (Phi) is 5.58. The lowest BCUT2D eigenvalue weighted by molar-refractivity contribution is -0.114. The number of thiazole rings is 1. The lowest BCUT2D eigenvalue weighted by atomic mass is 10.2. The number of rotatable bonds is 6. The number of nitrogens with zero attached hydrogens (tertiary/aromatic N) is 1. The Balaban J connectivity index is 1.95. The largest absolute Gasteiger partial charge is 0.327 e. The zero-order valence-electron chi connectivity index (χ0n) is 14.7. The molecule has 0 saturated carbocycles. The minimum Gasteiger partial charge on any atom is -0.327 e. The Hall–Kier alpha value is -3.02. The van der Waals surface area contributed by atoms with Gasteiger partial charge in [-0.15, -0.1) is 0 Å². The summed E-state index contributed by atoms with van der Waals surface area (Å²) in [6.07, 6.45) is 1.46. The number of aryl methyl sites for hydroxylation is 1. The van der Waals surface area contributed by atoms with E-state index in [2.05, 4.69) is 20.0 Å². The molecular weight excluding hydrogens is 402 g/mol. The number of benzene rings is 1. The van der Waals surface area contributed by atoms with Crippen molar-refractivity contribution in [2.24, 2.45) is 5.73 Å². The van der Waals surface area contributed by atoms with Crippen LogP contribution in [0.25, 0.3) is 10.4 Å². The molecule has 2 aromatic heterocycles. The van der Waals surface area contributed by atoms with Gasteiger partial charge in [-0.05, 0) is 25.1 Å². The molecule has 0 fully saturated rings. The zero-order chi connectivity index (χ0) is 20.3.